The highest BCUT2D eigenvalue weighted by atomic mass is 32.2. The SMILES string of the molecule is N[C@@H]1CCN(Cc2ccccc2CS(=O)(=O)c2ccccc2)C[C@H]1O. The minimum atomic E-state index is -3.38. The molecule has 1 aliphatic heterocycles. The van der Waals surface area contributed by atoms with E-state index in [0.717, 1.165) is 24.1 Å². The molecule has 0 amide bonds. The van der Waals surface area contributed by atoms with Crippen molar-refractivity contribution in [1.82, 2.24) is 4.90 Å². The van der Waals surface area contributed by atoms with Gasteiger partial charge in [-0.05, 0) is 29.7 Å². The van der Waals surface area contributed by atoms with Gasteiger partial charge in [0.15, 0.2) is 9.84 Å². The van der Waals surface area contributed by atoms with Crippen molar-refractivity contribution in [1.29, 1.82) is 0 Å². The molecule has 1 saturated heterocycles. The fourth-order valence-corrected chi connectivity index (χ4v) is 4.60. The number of aliphatic hydroxyl groups is 1. The summed E-state index contributed by atoms with van der Waals surface area (Å²) in [7, 11) is -3.38. The van der Waals surface area contributed by atoms with Crippen molar-refractivity contribution in [2.24, 2.45) is 5.73 Å². The normalized spacial score (nSPS) is 22.0. The fraction of sp³-hybridized carbons (Fsp3) is 0.368. The molecule has 0 aromatic heterocycles. The molecule has 0 radical (unpaired) electrons. The first-order valence-corrected chi connectivity index (χ1v) is 10.1. The van der Waals surface area contributed by atoms with E-state index < -0.39 is 15.9 Å². The Hall–Kier alpha value is -1.73. The number of aliphatic hydroxyl groups excluding tert-OH is 1. The average molecular weight is 360 g/mol. The summed E-state index contributed by atoms with van der Waals surface area (Å²) >= 11 is 0. The molecule has 25 heavy (non-hydrogen) atoms. The Kier molecular flexibility index (Phi) is 5.54. The monoisotopic (exact) mass is 360 g/mol. The van der Waals surface area contributed by atoms with E-state index in [1.807, 2.05) is 24.3 Å². The maximum atomic E-state index is 12.7. The summed E-state index contributed by atoms with van der Waals surface area (Å²) in [4.78, 5) is 2.46. The molecule has 0 spiro atoms. The van der Waals surface area contributed by atoms with E-state index in [9.17, 15) is 13.5 Å². The number of rotatable bonds is 5. The second-order valence-corrected chi connectivity index (χ2v) is 8.59. The Balaban J connectivity index is 1.77. The van der Waals surface area contributed by atoms with Crippen molar-refractivity contribution in [3.63, 3.8) is 0 Å². The molecule has 3 rings (SSSR count). The van der Waals surface area contributed by atoms with Gasteiger partial charge in [-0.15, -0.1) is 0 Å². The van der Waals surface area contributed by atoms with Crippen molar-refractivity contribution in [2.45, 2.75) is 35.8 Å². The zero-order chi connectivity index (χ0) is 17.9. The van der Waals surface area contributed by atoms with Gasteiger partial charge in [0, 0.05) is 25.7 Å². The maximum absolute atomic E-state index is 12.7. The molecule has 0 unspecified atom stereocenters. The molecule has 134 valence electrons. The minimum absolute atomic E-state index is 0.0247. The van der Waals surface area contributed by atoms with Crippen LogP contribution in [0.1, 0.15) is 17.5 Å². The average Bonchev–Trinajstić information content (AvgIpc) is 2.60. The summed E-state index contributed by atoms with van der Waals surface area (Å²) in [5, 5.41) is 9.97. The lowest BCUT2D eigenvalue weighted by atomic mass is 10.0. The summed E-state index contributed by atoms with van der Waals surface area (Å²) in [6, 6.07) is 15.9. The number of piperidine rings is 1. The molecule has 2 aromatic carbocycles. The maximum Gasteiger partial charge on any atom is 0.182 e. The first-order valence-electron chi connectivity index (χ1n) is 8.46. The molecule has 0 aliphatic carbocycles. The van der Waals surface area contributed by atoms with Crippen LogP contribution >= 0.6 is 0 Å². The van der Waals surface area contributed by atoms with Crippen LogP contribution in [-0.2, 0) is 22.1 Å². The minimum Gasteiger partial charge on any atom is -0.390 e. The summed E-state index contributed by atoms with van der Waals surface area (Å²) in [5.41, 5.74) is 7.63. The largest absolute Gasteiger partial charge is 0.390 e. The van der Waals surface area contributed by atoms with Crippen molar-refractivity contribution in [3.05, 3.63) is 65.7 Å². The Bertz CT molecular complexity index is 808. The zero-order valence-electron chi connectivity index (χ0n) is 14.1. The van der Waals surface area contributed by atoms with Crippen LogP contribution in [0.25, 0.3) is 0 Å². The number of β-amino-alcohol motifs (C(OH)–C–C–N with tert-alkyl or cyclic N) is 1. The van der Waals surface area contributed by atoms with Crippen LogP contribution in [0.5, 0.6) is 0 Å². The lowest BCUT2D eigenvalue weighted by Gasteiger charge is -2.34. The van der Waals surface area contributed by atoms with Gasteiger partial charge < -0.3 is 10.8 Å². The molecule has 5 nitrogen and oxygen atoms in total. The highest BCUT2D eigenvalue weighted by molar-refractivity contribution is 7.90. The number of sulfone groups is 1. The van der Waals surface area contributed by atoms with E-state index in [2.05, 4.69) is 4.90 Å². The second kappa shape index (κ2) is 7.66. The van der Waals surface area contributed by atoms with E-state index in [1.54, 1.807) is 30.3 Å². The van der Waals surface area contributed by atoms with E-state index in [1.165, 1.54) is 0 Å². The Morgan fingerprint density at radius 1 is 1.04 bits per heavy atom. The van der Waals surface area contributed by atoms with Gasteiger partial charge in [0.1, 0.15) is 0 Å². The number of benzene rings is 2. The summed E-state index contributed by atoms with van der Waals surface area (Å²) in [6.45, 7) is 1.93. The third-order valence-corrected chi connectivity index (χ3v) is 6.36. The van der Waals surface area contributed by atoms with Crippen molar-refractivity contribution in [3.8, 4) is 0 Å². The van der Waals surface area contributed by atoms with Gasteiger partial charge in [-0.2, -0.15) is 0 Å². The van der Waals surface area contributed by atoms with Crippen LogP contribution in [0, 0.1) is 0 Å². The van der Waals surface area contributed by atoms with E-state index in [-0.39, 0.29) is 11.8 Å². The molecule has 3 N–H and O–H groups in total. The number of nitrogens with two attached hydrogens (primary N) is 1. The molecule has 1 fully saturated rings. The third-order valence-electron chi connectivity index (χ3n) is 4.68. The molecule has 2 atom stereocenters. The van der Waals surface area contributed by atoms with Gasteiger partial charge >= 0.3 is 0 Å². The van der Waals surface area contributed by atoms with Crippen molar-refractivity contribution in [2.75, 3.05) is 13.1 Å². The Morgan fingerprint density at radius 2 is 1.68 bits per heavy atom. The molecule has 0 bridgehead atoms. The van der Waals surface area contributed by atoms with Gasteiger partial charge in [0.2, 0.25) is 0 Å². The van der Waals surface area contributed by atoms with Gasteiger partial charge in [-0.25, -0.2) is 8.42 Å². The second-order valence-electron chi connectivity index (χ2n) is 6.60. The molecular formula is C19H24N2O3S. The molecule has 2 aromatic rings. The quantitative estimate of drug-likeness (QED) is 0.845. The third kappa shape index (κ3) is 4.46. The lowest BCUT2D eigenvalue weighted by Crippen LogP contribution is -2.50. The smallest absolute Gasteiger partial charge is 0.182 e. The standard InChI is InChI=1S/C19H24N2O3S/c20-18-10-11-21(13-19(18)22)12-15-6-4-5-7-16(15)14-25(23,24)17-8-2-1-3-9-17/h1-9,18-19,22H,10-14,20H2/t18-,19-/m1/s1. The van der Waals surface area contributed by atoms with E-state index in [4.69, 9.17) is 5.73 Å². The number of likely N-dealkylation sites (tertiary alicyclic amines) is 1. The van der Waals surface area contributed by atoms with Crippen LogP contribution in [0.15, 0.2) is 59.5 Å². The molecular weight excluding hydrogens is 336 g/mol. The highest BCUT2D eigenvalue weighted by Crippen LogP contribution is 2.21. The molecule has 0 saturated carbocycles. The van der Waals surface area contributed by atoms with Gasteiger partial charge in [-0.1, -0.05) is 42.5 Å². The Labute approximate surface area is 149 Å². The van der Waals surface area contributed by atoms with Gasteiger partial charge in [-0.3, -0.25) is 4.90 Å². The highest BCUT2D eigenvalue weighted by Gasteiger charge is 2.25. The van der Waals surface area contributed by atoms with Crippen LogP contribution < -0.4 is 5.73 Å². The van der Waals surface area contributed by atoms with E-state index in [0.29, 0.717) is 18.0 Å². The number of hydrogen-bond acceptors (Lipinski definition) is 5. The number of hydrogen-bond donors (Lipinski definition) is 2. The fourth-order valence-electron chi connectivity index (χ4n) is 3.17. The predicted octanol–water partition coefficient (Wildman–Crippen LogP) is 1.55. The number of nitrogens with zero attached hydrogens (tertiary/aromatic N) is 1. The molecule has 6 heteroatoms. The Morgan fingerprint density at radius 3 is 2.36 bits per heavy atom. The summed E-state index contributed by atoms with van der Waals surface area (Å²) in [5.74, 6) is -0.0247. The lowest BCUT2D eigenvalue weighted by molar-refractivity contribution is 0.0498. The first-order chi connectivity index (χ1) is 12.0. The predicted molar refractivity (Wildman–Crippen MR) is 97.7 cm³/mol. The van der Waals surface area contributed by atoms with Crippen molar-refractivity contribution >= 4 is 9.84 Å². The summed E-state index contributed by atoms with van der Waals surface area (Å²) < 4.78 is 25.3. The zero-order valence-corrected chi connectivity index (χ0v) is 14.9. The molecule has 1 aliphatic rings. The van der Waals surface area contributed by atoms with Crippen molar-refractivity contribution < 1.29 is 13.5 Å². The summed E-state index contributed by atoms with van der Waals surface area (Å²) in [6.07, 6.45) is 0.208. The van der Waals surface area contributed by atoms with E-state index >= 15 is 0 Å². The first kappa shape index (κ1) is 18.1. The van der Waals surface area contributed by atoms with Crippen LogP contribution in [0.2, 0.25) is 0 Å². The van der Waals surface area contributed by atoms with Gasteiger partial charge in [0.05, 0.1) is 16.8 Å². The van der Waals surface area contributed by atoms with Crippen LogP contribution in [0.3, 0.4) is 0 Å². The van der Waals surface area contributed by atoms with Crippen LogP contribution in [-0.4, -0.2) is 43.7 Å². The van der Waals surface area contributed by atoms with Gasteiger partial charge in [0.25, 0.3) is 0 Å². The molecule has 1 heterocycles. The topological polar surface area (TPSA) is 83.6 Å². The van der Waals surface area contributed by atoms with Crippen LogP contribution in [0.4, 0.5) is 0 Å².